The number of nitrogens with zero attached hydrogens (tertiary/aromatic N) is 2. The van der Waals surface area contributed by atoms with Gasteiger partial charge in [0.2, 0.25) is 0 Å². The van der Waals surface area contributed by atoms with Crippen molar-refractivity contribution in [1.82, 2.24) is 9.97 Å². The molecule has 0 atom stereocenters. The van der Waals surface area contributed by atoms with Gasteiger partial charge >= 0.3 is 5.97 Å². The maximum atomic E-state index is 10.5. The highest BCUT2D eigenvalue weighted by Gasteiger charge is 2.08. The fourth-order valence-electron chi connectivity index (χ4n) is 1.27. The van der Waals surface area contributed by atoms with E-state index < -0.39 is 5.97 Å². The lowest BCUT2D eigenvalue weighted by atomic mass is 10.1. The molecule has 0 unspecified atom stereocenters. The molecule has 0 aromatic carbocycles. The van der Waals surface area contributed by atoms with E-state index in [1.54, 1.807) is 6.20 Å². The maximum absolute atomic E-state index is 10.5. The summed E-state index contributed by atoms with van der Waals surface area (Å²) in [6.07, 6.45) is 3.16. The molecule has 0 saturated heterocycles. The van der Waals surface area contributed by atoms with Gasteiger partial charge in [-0.25, -0.2) is 9.97 Å². The average Bonchev–Trinajstić information content (AvgIpc) is 2.17. The summed E-state index contributed by atoms with van der Waals surface area (Å²) < 4.78 is 0. The molecule has 0 aliphatic rings. The molecule has 76 valence electrons. The molecule has 1 aromatic rings. The first kappa shape index (κ1) is 10.6. The molecule has 1 heterocycles. The third kappa shape index (κ3) is 2.52. The van der Waals surface area contributed by atoms with Crippen molar-refractivity contribution in [1.29, 1.82) is 0 Å². The summed E-state index contributed by atoms with van der Waals surface area (Å²) >= 11 is 0. The van der Waals surface area contributed by atoms with Crippen LogP contribution in [0.25, 0.3) is 0 Å². The molecule has 0 bridgehead atoms. The standard InChI is InChI=1S/C10H14N2O2/c1-3-8-7(5-10(13)14)6-11-9(4-2)12-8/h6H,3-5H2,1-2H3,(H,13,14). The zero-order valence-electron chi connectivity index (χ0n) is 8.45. The van der Waals surface area contributed by atoms with Crippen molar-refractivity contribution < 1.29 is 9.90 Å². The Balaban J connectivity index is 2.98. The van der Waals surface area contributed by atoms with Gasteiger partial charge in [0.05, 0.1) is 6.42 Å². The molecule has 0 radical (unpaired) electrons. The first-order valence-electron chi connectivity index (χ1n) is 4.72. The fraction of sp³-hybridized carbons (Fsp3) is 0.500. The molecule has 1 aromatic heterocycles. The van der Waals surface area contributed by atoms with Crippen molar-refractivity contribution in [3.8, 4) is 0 Å². The normalized spacial score (nSPS) is 10.1. The van der Waals surface area contributed by atoms with Crippen molar-refractivity contribution in [2.45, 2.75) is 33.1 Å². The number of carboxylic acids is 1. The Kier molecular flexibility index (Phi) is 3.56. The fourth-order valence-corrected chi connectivity index (χ4v) is 1.27. The quantitative estimate of drug-likeness (QED) is 0.783. The summed E-state index contributed by atoms with van der Waals surface area (Å²) in [5, 5.41) is 8.66. The predicted octanol–water partition coefficient (Wildman–Crippen LogP) is 1.23. The van der Waals surface area contributed by atoms with Gasteiger partial charge < -0.3 is 5.11 Å². The van der Waals surface area contributed by atoms with E-state index in [-0.39, 0.29) is 6.42 Å². The number of rotatable bonds is 4. The summed E-state index contributed by atoms with van der Waals surface area (Å²) in [6, 6.07) is 0. The van der Waals surface area contributed by atoms with Gasteiger partial charge in [-0.15, -0.1) is 0 Å². The first-order valence-corrected chi connectivity index (χ1v) is 4.72. The molecule has 14 heavy (non-hydrogen) atoms. The lowest BCUT2D eigenvalue weighted by molar-refractivity contribution is -0.136. The highest BCUT2D eigenvalue weighted by atomic mass is 16.4. The smallest absolute Gasteiger partial charge is 0.307 e. The predicted molar refractivity (Wildman–Crippen MR) is 52.1 cm³/mol. The van der Waals surface area contributed by atoms with Gasteiger partial charge in [-0.1, -0.05) is 13.8 Å². The van der Waals surface area contributed by atoms with Crippen LogP contribution >= 0.6 is 0 Å². The van der Waals surface area contributed by atoms with E-state index in [4.69, 9.17) is 5.11 Å². The second kappa shape index (κ2) is 4.69. The lowest BCUT2D eigenvalue weighted by Gasteiger charge is -2.05. The summed E-state index contributed by atoms with van der Waals surface area (Å²) in [6.45, 7) is 3.94. The molecule has 0 amide bonds. The minimum Gasteiger partial charge on any atom is -0.481 e. The number of hydrogen-bond donors (Lipinski definition) is 1. The van der Waals surface area contributed by atoms with Gasteiger partial charge in [0, 0.05) is 23.9 Å². The molecule has 4 nitrogen and oxygen atoms in total. The molecular formula is C10H14N2O2. The second-order valence-corrected chi connectivity index (χ2v) is 3.04. The third-order valence-corrected chi connectivity index (χ3v) is 2.00. The SMILES string of the molecule is CCc1ncc(CC(=O)O)c(CC)n1. The number of hydrogen-bond acceptors (Lipinski definition) is 3. The van der Waals surface area contributed by atoms with Crippen LogP contribution in [0.5, 0.6) is 0 Å². The van der Waals surface area contributed by atoms with Crippen LogP contribution in [0.2, 0.25) is 0 Å². The molecule has 4 heteroatoms. The highest BCUT2D eigenvalue weighted by Crippen LogP contribution is 2.07. The summed E-state index contributed by atoms with van der Waals surface area (Å²) in [5.74, 6) is -0.0662. The average molecular weight is 194 g/mol. The van der Waals surface area contributed by atoms with Gasteiger partial charge in [-0.05, 0) is 6.42 Å². The van der Waals surface area contributed by atoms with Gasteiger partial charge in [-0.2, -0.15) is 0 Å². The van der Waals surface area contributed by atoms with E-state index >= 15 is 0 Å². The summed E-state index contributed by atoms with van der Waals surface area (Å²) in [7, 11) is 0. The molecule has 0 spiro atoms. The zero-order chi connectivity index (χ0) is 10.6. The Morgan fingerprint density at radius 3 is 2.64 bits per heavy atom. The Morgan fingerprint density at radius 2 is 2.14 bits per heavy atom. The Morgan fingerprint density at radius 1 is 1.43 bits per heavy atom. The second-order valence-electron chi connectivity index (χ2n) is 3.04. The van der Waals surface area contributed by atoms with Gasteiger partial charge in [0.1, 0.15) is 5.82 Å². The van der Waals surface area contributed by atoms with E-state index in [1.165, 1.54) is 0 Å². The van der Waals surface area contributed by atoms with Crippen molar-refractivity contribution >= 4 is 5.97 Å². The van der Waals surface area contributed by atoms with Gasteiger partial charge in [0.25, 0.3) is 0 Å². The van der Waals surface area contributed by atoms with E-state index in [0.717, 1.165) is 29.9 Å². The molecule has 0 fully saturated rings. The maximum Gasteiger partial charge on any atom is 0.307 e. The molecule has 1 N–H and O–H groups in total. The van der Waals surface area contributed by atoms with Gasteiger partial charge in [0.15, 0.2) is 0 Å². The summed E-state index contributed by atoms with van der Waals surface area (Å²) in [4.78, 5) is 18.9. The van der Waals surface area contributed by atoms with Crippen LogP contribution in [-0.4, -0.2) is 21.0 Å². The van der Waals surface area contributed by atoms with Crippen LogP contribution in [0.3, 0.4) is 0 Å². The largest absolute Gasteiger partial charge is 0.481 e. The lowest BCUT2D eigenvalue weighted by Crippen LogP contribution is -2.07. The van der Waals surface area contributed by atoms with Crippen LogP contribution in [-0.2, 0) is 24.1 Å². The highest BCUT2D eigenvalue weighted by molar-refractivity contribution is 5.70. The molecule has 0 aliphatic heterocycles. The number of carboxylic acid groups (broad SMARTS) is 1. The van der Waals surface area contributed by atoms with E-state index in [0.29, 0.717) is 0 Å². The number of aliphatic carboxylic acids is 1. The van der Waals surface area contributed by atoms with Crippen LogP contribution in [0, 0.1) is 0 Å². The number of aromatic nitrogens is 2. The van der Waals surface area contributed by atoms with Crippen LogP contribution in [0.4, 0.5) is 0 Å². The van der Waals surface area contributed by atoms with E-state index in [9.17, 15) is 4.79 Å². The molecule has 1 rings (SSSR count). The van der Waals surface area contributed by atoms with Crippen molar-refractivity contribution in [2.24, 2.45) is 0 Å². The molecular weight excluding hydrogens is 180 g/mol. The van der Waals surface area contributed by atoms with Crippen molar-refractivity contribution in [2.75, 3.05) is 0 Å². The molecule has 0 aliphatic carbocycles. The number of carbonyl (C=O) groups is 1. The Bertz CT molecular complexity index is 337. The minimum atomic E-state index is -0.840. The first-order chi connectivity index (χ1) is 6.67. The van der Waals surface area contributed by atoms with Crippen molar-refractivity contribution in [3.05, 3.63) is 23.3 Å². The van der Waals surface area contributed by atoms with Crippen LogP contribution in [0.15, 0.2) is 6.20 Å². The number of aryl methyl sites for hydroxylation is 2. The Labute approximate surface area is 83.0 Å². The Hall–Kier alpha value is -1.45. The minimum absolute atomic E-state index is 0.00711. The third-order valence-electron chi connectivity index (χ3n) is 2.00. The zero-order valence-corrected chi connectivity index (χ0v) is 8.45. The van der Waals surface area contributed by atoms with Crippen LogP contribution < -0.4 is 0 Å². The topological polar surface area (TPSA) is 63.1 Å². The summed E-state index contributed by atoms with van der Waals surface area (Å²) in [5.41, 5.74) is 1.57. The van der Waals surface area contributed by atoms with E-state index in [1.807, 2.05) is 13.8 Å². The molecule has 0 saturated carbocycles. The van der Waals surface area contributed by atoms with E-state index in [2.05, 4.69) is 9.97 Å². The monoisotopic (exact) mass is 194 g/mol. The van der Waals surface area contributed by atoms with Gasteiger partial charge in [-0.3, -0.25) is 4.79 Å². The van der Waals surface area contributed by atoms with Crippen LogP contribution in [0.1, 0.15) is 30.9 Å². The van der Waals surface area contributed by atoms with Crippen molar-refractivity contribution in [3.63, 3.8) is 0 Å².